The molecule has 0 aliphatic heterocycles. The summed E-state index contributed by atoms with van der Waals surface area (Å²) in [5, 5.41) is 10.1. The Labute approximate surface area is 120 Å². The Balaban J connectivity index is 1.75. The topological polar surface area (TPSA) is 90.6 Å². The van der Waals surface area contributed by atoms with E-state index in [1.54, 1.807) is 24.5 Å². The maximum absolute atomic E-state index is 12.1. The summed E-state index contributed by atoms with van der Waals surface area (Å²) < 4.78 is 0. The summed E-state index contributed by atoms with van der Waals surface area (Å²) in [5.74, 6) is -0.370. The van der Waals surface area contributed by atoms with E-state index < -0.39 is 0 Å². The SMILES string of the molecule is O=C(NCCc1cn[nH]c1)c1cc2ccccc2[nH]c1=O. The van der Waals surface area contributed by atoms with Gasteiger partial charge >= 0.3 is 0 Å². The highest BCUT2D eigenvalue weighted by Crippen LogP contribution is 2.09. The molecule has 0 unspecified atom stereocenters. The Morgan fingerprint density at radius 1 is 1.29 bits per heavy atom. The molecule has 0 atom stereocenters. The van der Waals surface area contributed by atoms with Crippen molar-refractivity contribution >= 4 is 16.8 Å². The van der Waals surface area contributed by atoms with Crippen molar-refractivity contribution < 1.29 is 4.79 Å². The smallest absolute Gasteiger partial charge is 0.261 e. The second-order valence-electron chi connectivity index (χ2n) is 4.71. The number of amides is 1. The van der Waals surface area contributed by atoms with Crippen LogP contribution < -0.4 is 10.9 Å². The summed E-state index contributed by atoms with van der Waals surface area (Å²) in [6, 6.07) is 8.97. The van der Waals surface area contributed by atoms with E-state index in [1.807, 2.05) is 18.2 Å². The first-order chi connectivity index (χ1) is 10.2. The highest BCUT2D eigenvalue weighted by atomic mass is 16.2. The van der Waals surface area contributed by atoms with Crippen molar-refractivity contribution in [3.8, 4) is 0 Å². The van der Waals surface area contributed by atoms with Crippen LogP contribution in [0.4, 0.5) is 0 Å². The van der Waals surface area contributed by atoms with Crippen molar-refractivity contribution in [1.82, 2.24) is 20.5 Å². The molecule has 1 aromatic carbocycles. The lowest BCUT2D eigenvalue weighted by atomic mass is 10.1. The third kappa shape index (κ3) is 2.84. The Hall–Kier alpha value is -2.89. The predicted octanol–water partition coefficient (Wildman–Crippen LogP) is 1.22. The summed E-state index contributed by atoms with van der Waals surface area (Å²) in [6.07, 6.45) is 4.14. The second kappa shape index (κ2) is 5.62. The van der Waals surface area contributed by atoms with Crippen LogP contribution in [0.2, 0.25) is 0 Å². The van der Waals surface area contributed by atoms with E-state index in [2.05, 4.69) is 20.5 Å². The van der Waals surface area contributed by atoms with Gasteiger partial charge in [0.15, 0.2) is 0 Å². The zero-order chi connectivity index (χ0) is 14.7. The fraction of sp³-hybridized carbons (Fsp3) is 0.133. The van der Waals surface area contributed by atoms with Crippen LogP contribution in [-0.4, -0.2) is 27.6 Å². The minimum Gasteiger partial charge on any atom is -0.352 e. The monoisotopic (exact) mass is 282 g/mol. The van der Waals surface area contributed by atoms with Crippen molar-refractivity contribution in [2.45, 2.75) is 6.42 Å². The molecule has 21 heavy (non-hydrogen) atoms. The Bertz CT molecular complexity index is 821. The van der Waals surface area contributed by atoms with Gasteiger partial charge in [-0.3, -0.25) is 14.7 Å². The van der Waals surface area contributed by atoms with Gasteiger partial charge in [0.05, 0.1) is 6.20 Å². The van der Waals surface area contributed by atoms with Gasteiger partial charge in [-0.1, -0.05) is 18.2 Å². The van der Waals surface area contributed by atoms with Crippen LogP contribution in [0.15, 0.2) is 47.5 Å². The van der Waals surface area contributed by atoms with E-state index in [-0.39, 0.29) is 17.0 Å². The number of carbonyl (C=O) groups is 1. The molecule has 2 aromatic heterocycles. The number of nitrogens with one attached hydrogen (secondary N) is 3. The summed E-state index contributed by atoms with van der Waals surface area (Å²) in [4.78, 5) is 26.7. The van der Waals surface area contributed by atoms with Gasteiger partial charge in [-0.05, 0) is 29.5 Å². The zero-order valence-electron chi connectivity index (χ0n) is 11.2. The van der Waals surface area contributed by atoms with E-state index in [0.717, 1.165) is 16.5 Å². The van der Waals surface area contributed by atoms with Crippen molar-refractivity contribution in [2.24, 2.45) is 0 Å². The first kappa shape index (κ1) is 13.1. The van der Waals surface area contributed by atoms with E-state index >= 15 is 0 Å². The maximum atomic E-state index is 12.1. The molecule has 0 radical (unpaired) electrons. The van der Waals surface area contributed by atoms with Gasteiger partial charge in [-0.15, -0.1) is 0 Å². The number of rotatable bonds is 4. The summed E-state index contributed by atoms with van der Waals surface area (Å²) in [5.41, 5.74) is 1.47. The number of para-hydroxylation sites is 1. The number of hydrogen-bond donors (Lipinski definition) is 3. The lowest BCUT2D eigenvalue weighted by Crippen LogP contribution is -2.30. The molecule has 0 saturated carbocycles. The predicted molar refractivity (Wildman–Crippen MR) is 79.2 cm³/mol. The average Bonchev–Trinajstić information content (AvgIpc) is 2.99. The molecular weight excluding hydrogens is 268 g/mol. The van der Waals surface area contributed by atoms with Crippen LogP contribution in [0.25, 0.3) is 10.9 Å². The third-order valence-corrected chi connectivity index (χ3v) is 3.25. The molecule has 0 fully saturated rings. The van der Waals surface area contributed by atoms with E-state index in [0.29, 0.717) is 13.0 Å². The summed E-state index contributed by atoms with van der Waals surface area (Å²) in [6.45, 7) is 0.449. The van der Waals surface area contributed by atoms with Crippen LogP contribution in [0.3, 0.4) is 0 Å². The minimum atomic E-state index is -0.380. The molecule has 3 N–H and O–H groups in total. The molecule has 0 aliphatic carbocycles. The molecular formula is C15H14N4O2. The van der Waals surface area contributed by atoms with Crippen LogP contribution in [0, 0.1) is 0 Å². The maximum Gasteiger partial charge on any atom is 0.261 e. The molecule has 0 spiro atoms. The number of nitrogens with zero attached hydrogens (tertiary/aromatic N) is 1. The first-order valence-corrected chi connectivity index (χ1v) is 6.62. The number of hydrogen-bond acceptors (Lipinski definition) is 3. The van der Waals surface area contributed by atoms with E-state index in [1.165, 1.54) is 0 Å². The van der Waals surface area contributed by atoms with Gasteiger partial charge in [0.25, 0.3) is 11.5 Å². The van der Waals surface area contributed by atoms with E-state index in [4.69, 9.17) is 0 Å². The molecule has 2 heterocycles. The van der Waals surface area contributed by atoms with Crippen molar-refractivity contribution in [3.05, 3.63) is 64.2 Å². The number of fused-ring (bicyclic) bond motifs is 1. The molecule has 0 bridgehead atoms. The largest absolute Gasteiger partial charge is 0.352 e. The van der Waals surface area contributed by atoms with Crippen LogP contribution in [-0.2, 0) is 6.42 Å². The number of H-pyrrole nitrogens is 2. The highest BCUT2D eigenvalue weighted by Gasteiger charge is 2.11. The number of carbonyl (C=O) groups excluding carboxylic acids is 1. The quantitative estimate of drug-likeness (QED) is 0.672. The van der Waals surface area contributed by atoms with Gasteiger partial charge in [0.1, 0.15) is 5.56 Å². The number of aromatic nitrogens is 3. The normalized spacial score (nSPS) is 10.7. The van der Waals surface area contributed by atoms with Gasteiger partial charge in [0, 0.05) is 18.3 Å². The van der Waals surface area contributed by atoms with Gasteiger partial charge in [-0.2, -0.15) is 5.10 Å². The number of pyridine rings is 1. The lowest BCUT2D eigenvalue weighted by Gasteiger charge is -2.05. The van der Waals surface area contributed by atoms with Crippen LogP contribution >= 0.6 is 0 Å². The number of aromatic amines is 2. The van der Waals surface area contributed by atoms with Gasteiger partial charge in [0.2, 0.25) is 0 Å². The number of benzene rings is 1. The summed E-state index contributed by atoms with van der Waals surface area (Å²) in [7, 11) is 0. The Morgan fingerprint density at radius 3 is 2.95 bits per heavy atom. The van der Waals surface area contributed by atoms with Crippen LogP contribution in [0.1, 0.15) is 15.9 Å². The zero-order valence-corrected chi connectivity index (χ0v) is 11.2. The van der Waals surface area contributed by atoms with Crippen LogP contribution in [0.5, 0.6) is 0 Å². The molecule has 0 aliphatic rings. The molecule has 3 rings (SSSR count). The second-order valence-corrected chi connectivity index (χ2v) is 4.71. The van der Waals surface area contributed by atoms with Crippen molar-refractivity contribution in [2.75, 3.05) is 6.54 Å². The summed E-state index contributed by atoms with van der Waals surface area (Å²) >= 11 is 0. The standard InChI is InChI=1S/C15H14N4O2/c20-14(16-6-5-10-8-17-18-9-10)12-7-11-3-1-2-4-13(11)19-15(12)21/h1-4,7-9H,5-6H2,(H,16,20)(H,17,18)(H,19,21). The van der Waals surface area contributed by atoms with Crippen molar-refractivity contribution in [1.29, 1.82) is 0 Å². The molecule has 1 amide bonds. The fourth-order valence-corrected chi connectivity index (χ4v) is 2.15. The highest BCUT2D eigenvalue weighted by molar-refractivity contribution is 5.97. The molecule has 0 saturated heterocycles. The molecule has 6 nitrogen and oxygen atoms in total. The molecule has 106 valence electrons. The van der Waals surface area contributed by atoms with Gasteiger partial charge in [-0.25, -0.2) is 0 Å². The third-order valence-electron chi connectivity index (χ3n) is 3.25. The Morgan fingerprint density at radius 2 is 2.14 bits per heavy atom. The van der Waals surface area contributed by atoms with E-state index in [9.17, 15) is 9.59 Å². The molecule has 3 aromatic rings. The van der Waals surface area contributed by atoms with Gasteiger partial charge < -0.3 is 10.3 Å². The fourth-order valence-electron chi connectivity index (χ4n) is 2.15. The molecule has 6 heteroatoms. The first-order valence-electron chi connectivity index (χ1n) is 6.62. The lowest BCUT2D eigenvalue weighted by molar-refractivity contribution is 0.0953. The minimum absolute atomic E-state index is 0.126. The Kier molecular flexibility index (Phi) is 3.51. The average molecular weight is 282 g/mol. The van der Waals surface area contributed by atoms with Crippen molar-refractivity contribution in [3.63, 3.8) is 0 Å².